The molecule has 1 aliphatic rings. The van der Waals surface area contributed by atoms with Crippen molar-refractivity contribution >= 4 is 17.5 Å². The van der Waals surface area contributed by atoms with E-state index in [1.165, 1.54) is 12.1 Å². The Balaban J connectivity index is 1.59. The molecule has 0 bridgehead atoms. The summed E-state index contributed by atoms with van der Waals surface area (Å²) in [7, 11) is 0. The number of aryl methyl sites for hydroxylation is 1. The fourth-order valence-electron chi connectivity index (χ4n) is 3.52. The van der Waals surface area contributed by atoms with Crippen LogP contribution < -0.4 is 10.1 Å². The third-order valence-corrected chi connectivity index (χ3v) is 5.28. The number of carbonyl (C=O) groups is 1. The van der Waals surface area contributed by atoms with Crippen LogP contribution in [-0.4, -0.2) is 32.0 Å². The summed E-state index contributed by atoms with van der Waals surface area (Å²) in [5, 5.41) is 7.00. The van der Waals surface area contributed by atoms with Gasteiger partial charge in [0.2, 0.25) is 5.88 Å². The van der Waals surface area contributed by atoms with E-state index in [-0.39, 0.29) is 21.8 Å². The van der Waals surface area contributed by atoms with Gasteiger partial charge in [-0.2, -0.15) is 18.3 Å². The van der Waals surface area contributed by atoms with Crippen LogP contribution in [0, 0.1) is 0 Å². The van der Waals surface area contributed by atoms with Crippen molar-refractivity contribution in [1.29, 1.82) is 0 Å². The highest BCUT2D eigenvalue weighted by molar-refractivity contribution is 6.33. The Kier molecular flexibility index (Phi) is 6.14. The zero-order valence-corrected chi connectivity index (χ0v) is 17.7. The summed E-state index contributed by atoms with van der Waals surface area (Å²) in [6, 6.07) is 3.79. The molecule has 1 amide bonds. The van der Waals surface area contributed by atoms with Crippen molar-refractivity contribution in [3.8, 4) is 17.1 Å². The van der Waals surface area contributed by atoms with Crippen LogP contribution in [0.3, 0.4) is 0 Å². The molecule has 0 aliphatic carbocycles. The molecule has 1 unspecified atom stereocenters. The van der Waals surface area contributed by atoms with E-state index in [9.17, 15) is 31.1 Å². The largest absolute Gasteiger partial charge is 0.574 e. The van der Waals surface area contributed by atoms with Crippen LogP contribution in [0.15, 0.2) is 36.7 Å². The summed E-state index contributed by atoms with van der Waals surface area (Å²) in [6.07, 6.45) is -6.67. The van der Waals surface area contributed by atoms with Gasteiger partial charge in [0.25, 0.3) is 5.91 Å². The maximum Gasteiger partial charge on any atom is 0.574 e. The molecule has 7 nitrogen and oxygen atoms in total. The zero-order valence-electron chi connectivity index (χ0n) is 16.9. The highest BCUT2D eigenvalue weighted by Crippen LogP contribution is 2.36. The van der Waals surface area contributed by atoms with Gasteiger partial charge < -0.3 is 10.1 Å². The molecule has 0 radical (unpaired) electrons. The van der Waals surface area contributed by atoms with Crippen LogP contribution in [0.25, 0.3) is 11.3 Å². The van der Waals surface area contributed by atoms with Gasteiger partial charge in [-0.3, -0.25) is 14.5 Å². The molecule has 1 aliphatic heterocycles. The van der Waals surface area contributed by atoms with Gasteiger partial charge in [0.1, 0.15) is 5.69 Å². The molecule has 3 aromatic rings. The second kappa shape index (κ2) is 8.78. The second-order valence-electron chi connectivity index (χ2n) is 7.32. The normalized spacial score (nSPS) is 16.1. The lowest BCUT2D eigenvalue weighted by Gasteiger charge is -2.24. The Morgan fingerprint density at radius 2 is 1.91 bits per heavy atom. The summed E-state index contributed by atoms with van der Waals surface area (Å²) >= 11 is 6.06. The Hall–Kier alpha value is -3.35. The van der Waals surface area contributed by atoms with Crippen molar-refractivity contribution in [3.05, 3.63) is 58.6 Å². The predicted molar refractivity (Wildman–Crippen MR) is 106 cm³/mol. The van der Waals surface area contributed by atoms with Crippen molar-refractivity contribution < 1.29 is 35.9 Å². The van der Waals surface area contributed by atoms with E-state index in [1.54, 1.807) is 4.68 Å². The lowest BCUT2D eigenvalue weighted by atomic mass is 10.0. The van der Waals surface area contributed by atoms with Gasteiger partial charge in [0.15, 0.2) is 0 Å². The molecule has 0 spiro atoms. The van der Waals surface area contributed by atoms with E-state index in [0.717, 1.165) is 24.5 Å². The average molecular weight is 506 g/mol. The number of nitrogens with one attached hydrogen (secondary N) is 1. The van der Waals surface area contributed by atoms with Crippen molar-refractivity contribution in [2.45, 2.75) is 38.0 Å². The van der Waals surface area contributed by atoms with Crippen LogP contribution >= 0.6 is 11.6 Å². The minimum absolute atomic E-state index is 0.0269. The molecular weight excluding hydrogens is 492 g/mol. The summed E-state index contributed by atoms with van der Waals surface area (Å²) in [4.78, 5) is 19.4. The quantitative estimate of drug-likeness (QED) is 0.494. The molecule has 180 valence electrons. The lowest BCUT2D eigenvalue weighted by Crippen LogP contribution is -2.32. The molecule has 4 heterocycles. The molecule has 4 rings (SSSR count). The smallest absolute Gasteiger partial charge is 0.388 e. The summed E-state index contributed by atoms with van der Waals surface area (Å²) in [5.41, 5.74) is -0.537. The monoisotopic (exact) mass is 505 g/mol. The van der Waals surface area contributed by atoms with E-state index in [1.807, 2.05) is 0 Å². The number of hydrogen-bond acceptors (Lipinski definition) is 5. The number of rotatable bonds is 4. The Labute approximate surface area is 192 Å². The first kappa shape index (κ1) is 23.8. The Morgan fingerprint density at radius 3 is 2.62 bits per heavy atom. The van der Waals surface area contributed by atoms with Crippen LogP contribution in [0.2, 0.25) is 5.02 Å². The van der Waals surface area contributed by atoms with Gasteiger partial charge in [-0.25, -0.2) is 4.98 Å². The topological polar surface area (TPSA) is 81.9 Å². The van der Waals surface area contributed by atoms with Crippen LogP contribution in [0.5, 0.6) is 5.88 Å². The molecule has 0 saturated heterocycles. The standard InChI is InChI=1S/C20H14ClF6N5O2/c21-12-9-29-16(19(22,23)24)7-11(12)14-8-15-13(2-1-5-32(15)31-14)30-18(33)10-3-4-28-17(6-10)34-20(25,26)27/h3-4,6-9,13H,1-2,5H2,(H,30,33). The SMILES string of the molecule is O=C(NC1CCCn2nc(-c3cc(C(F)(F)F)ncc3Cl)cc21)c1ccnc(OC(F)(F)F)c1. The van der Waals surface area contributed by atoms with E-state index in [0.29, 0.717) is 25.1 Å². The number of fused-ring (bicyclic) bond motifs is 1. The molecule has 14 heteroatoms. The first-order chi connectivity index (χ1) is 15.9. The van der Waals surface area contributed by atoms with E-state index >= 15 is 0 Å². The number of halogens is 7. The van der Waals surface area contributed by atoms with Gasteiger partial charge >= 0.3 is 12.5 Å². The first-order valence-electron chi connectivity index (χ1n) is 9.74. The molecule has 0 saturated carbocycles. The molecule has 34 heavy (non-hydrogen) atoms. The Morgan fingerprint density at radius 1 is 1.15 bits per heavy atom. The van der Waals surface area contributed by atoms with Crippen LogP contribution in [-0.2, 0) is 12.7 Å². The van der Waals surface area contributed by atoms with Crippen molar-refractivity contribution in [1.82, 2.24) is 25.1 Å². The average Bonchev–Trinajstić information content (AvgIpc) is 3.17. The van der Waals surface area contributed by atoms with Crippen molar-refractivity contribution in [2.75, 3.05) is 0 Å². The number of pyridine rings is 2. The highest BCUT2D eigenvalue weighted by atomic mass is 35.5. The maximum atomic E-state index is 13.1. The second-order valence-corrected chi connectivity index (χ2v) is 7.73. The third kappa shape index (κ3) is 5.24. The zero-order chi connectivity index (χ0) is 24.7. The number of hydrogen-bond donors (Lipinski definition) is 1. The van der Waals surface area contributed by atoms with E-state index in [2.05, 4.69) is 25.1 Å². The third-order valence-electron chi connectivity index (χ3n) is 4.98. The minimum atomic E-state index is -4.96. The van der Waals surface area contributed by atoms with Gasteiger partial charge in [0, 0.05) is 36.1 Å². The van der Waals surface area contributed by atoms with Gasteiger partial charge in [0.05, 0.1) is 22.5 Å². The number of aromatic nitrogens is 4. The fourth-order valence-corrected chi connectivity index (χ4v) is 3.72. The summed E-state index contributed by atoms with van der Waals surface area (Å²) in [5.74, 6) is -1.47. The minimum Gasteiger partial charge on any atom is -0.388 e. The molecule has 0 aromatic carbocycles. The molecule has 0 fully saturated rings. The van der Waals surface area contributed by atoms with Crippen LogP contribution in [0.4, 0.5) is 26.3 Å². The number of nitrogens with zero attached hydrogens (tertiary/aromatic N) is 4. The maximum absolute atomic E-state index is 13.1. The van der Waals surface area contributed by atoms with Gasteiger partial charge in [-0.1, -0.05) is 11.6 Å². The van der Waals surface area contributed by atoms with E-state index < -0.39 is 36.1 Å². The number of amides is 1. The summed E-state index contributed by atoms with van der Waals surface area (Å²) < 4.78 is 81.8. The van der Waals surface area contributed by atoms with Crippen molar-refractivity contribution in [2.24, 2.45) is 0 Å². The first-order valence-corrected chi connectivity index (χ1v) is 10.1. The molecule has 1 N–H and O–H groups in total. The lowest BCUT2D eigenvalue weighted by molar-refractivity contribution is -0.276. The van der Waals surface area contributed by atoms with Crippen molar-refractivity contribution in [3.63, 3.8) is 0 Å². The Bertz CT molecular complexity index is 1230. The number of alkyl halides is 6. The summed E-state index contributed by atoms with van der Waals surface area (Å²) in [6.45, 7) is 0.454. The van der Waals surface area contributed by atoms with Crippen LogP contribution in [0.1, 0.15) is 40.6 Å². The molecular formula is C20H14ClF6N5O2. The molecule has 1 atom stereocenters. The number of carbonyl (C=O) groups excluding carboxylic acids is 1. The van der Waals surface area contributed by atoms with E-state index in [4.69, 9.17) is 11.6 Å². The van der Waals surface area contributed by atoms with Gasteiger partial charge in [-0.15, -0.1) is 13.2 Å². The predicted octanol–water partition coefficient (Wildman–Crippen LogP) is 5.18. The highest BCUT2D eigenvalue weighted by Gasteiger charge is 2.34. The van der Waals surface area contributed by atoms with Gasteiger partial charge in [-0.05, 0) is 31.0 Å². The fraction of sp³-hybridized carbons (Fsp3) is 0.300. The molecule has 3 aromatic heterocycles. The number of ether oxygens (including phenoxy) is 1.